The van der Waals surface area contributed by atoms with Crippen LogP contribution in [0.3, 0.4) is 0 Å². The smallest absolute Gasteiger partial charge is 0.135 e. The van der Waals surface area contributed by atoms with E-state index in [9.17, 15) is 4.39 Å². The average molecular weight is 354 g/mol. The number of nitrogens with one attached hydrogen (secondary N) is 1. The summed E-state index contributed by atoms with van der Waals surface area (Å²) in [5, 5.41) is 3.25. The molecule has 0 aromatic heterocycles. The van der Waals surface area contributed by atoms with E-state index in [4.69, 9.17) is 9.47 Å². The molecule has 2 aromatic carbocycles. The molecule has 3 nitrogen and oxygen atoms in total. The van der Waals surface area contributed by atoms with Gasteiger partial charge in [-0.3, -0.25) is 0 Å². The molecular weight excluding hydrogens is 337 g/mol. The summed E-state index contributed by atoms with van der Waals surface area (Å²) in [7, 11) is 3.14. The molecule has 0 saturated carbocycles. The molecule has 0 bridgehead atoms. The van der Waals surface area contributed by atoms with Crippen LogP contribution in [0, 0.1) is 5.82 Å². The first-order valence-corrected chi connectivity index (χ1v) is 7.28. The van der Waals surface area contributed by atoms with Crippen molar-refractivity contribution in [1.29, 1.82) is 0 Å². The molecule has 21 heavy (non-hydrogen) atoms. The van der Waals surface area contributed by atoms with Gasteiger partial charge < -0.3 is 14.8 Å². The number of hydrogen-bond acceptors (Lipinski definition) is 3. The predicted octanol–water partition coefficient (Wildman–Crippen LogP) is 4.78. The summed E-state index contributed by atoms with van der Waals surface area (Å²) in [5.41, 5.74) is 1.34. The predicted molar refractivity (Wildman–Crippen MR) is 85.7 cm³/mol. The minimum atomic E-state index is -0.293. The normalized spacial score (nSPS) is 11.9. The van der Waals surface area contributed by atoms with Crippen LogP contribution in [0.5, 0.6) is 11.5 Å². The second kappa shape index (κ2) is 6.80. The molecule has 0 fully saturated rings. The maximum atomic E-state index is 14.0. The van der Waals surface area contributed by atoms with Crippen LogP contribution >= 0.6 is 15.9 Å². The zero-order chi connectivity index (χ0) is 15.4. The zero-order valence-electron chi connectivity index (χ0n) is 12.1. The van der Waals surface area contributed by atoms with Gasteiger partial charge in [-0.05, 0) is 47.1 Å². The fraction of sp³-hybridized carbons (Fsp3) is 0.250. The topological polar surface area (TPSA) is 30.5 Å². The molecule has 1 atom stereocenters. The largest absolute Gasteiger partial charge is 0.496 e. The molecule has 0 amide bonds. The fourth-order valence-corrected chi connectivity index (χ4v) is 2.60. The highest BCUT2D eigenvalue weighted by molar-refractivity contribution is 9.10. The number of halogens is 2. The van der Waals surface area contributed by atoms with Gasteiger partial charge >= 0.3 is 0 Å². The second-order valence-electron chi connectivity index (χ2n) is 4.57. The number of methoxy groups -OCH3 is 2. The lowest BCUT2D eigenvalue weighted by Crippen LogP contribution is -2.10. The molecule has 0 aliphatic rings. The van der Waals surface area contributed by atoms with Gasteiger partial charge in [-0.2, -0.15) is 0 Å². The third-order valence-corrected chi connectivity index (χ3v) is 3.86. The Morgan fingerprint density at radius 3 is 2.48 bits per heavy atom. The maximum absolute atomic E-state index is 14.0. The van der Waals surface area contributed by atoms with E-state index in [1.54, 1.807) is 19.2 Å². The summed E-state index contributed by atoms with van der Waals surface area (Å²) in [4.78, 5) is 0. The van der Waals surface area contributed by atoms with Crippen LogP contribution in [0.1, 0.15) is 18.5 Å². The van der Waals surface area contributed by atoms with Gasteiger partial charge in [0.05, 0.1) is 30.3 Å². The quantitative estimate of drug-likeness (QED) is 0.838. The van der Waals surface area contributed by atoms with Crippen LogP contribution in [0.4, 0.5) is 10.1 Å². The van der Waals surface area contributed by atoms with Crippen molar-refractivity contribution in [2.45, 2.75) is 13.0 Å². The summed E-state index contributed by atoms with van der Waals surface area (Å²) < 4.78 is 25.4. The van der Waals surface area contributed by atoms with Crippen LogP contribution in [0.25, 0.3) is 0 Å². The molecule has 0 aliphatic carbocycles. The molecule has 0 radical (unpaired) electrons. The van der Waals surface area contributed by atoms with Gasteiger partial charge in [-0.1, -0.05) is 6.07 Å². The molecule has 0 heterocycles. The Morgan fingerprint density at radius 2 is 1.81 bits per heavy atom. The Kier molecular flexibility index (Phi) is 5.07. The lowest BCUT2D eigenvalue weighted by molar-refractivity contribution is 0.402. The van der Waals surface area contributed by atoms with E-state index >= 15 is 0 Å². The molecule has 0 spiro atoms. The van der Waals surface area contributed by atoms with Crippen LogP contribution in [0.15, 0.2) is 40.9 Å². The van der Waals surface area contributed by atoms with E-state index in [-0.39, 0.29) is 11.9 Å². The summed E-state index contributed by atoms with van der Waals surface area (Å²) in [5.74, 6) is 0.949. The summed E-state index contributed by atoms with van der Waals surface area (Å²) in [6.07, 6.45) is 0. The van der Waals surface area contributed by atoms with E-state index in [2.05, 4.69) is 21.2 Å². The monoisotopic (exact) mass is 353 g/mol. The number of rotatable bonds is 5. The first kappa shape index (κ1) is 15.6. The van der Waals surface area contributed by atoms with Gasteiger partial charge in [0.2, 0.25) is 0 Å². The van der Waals surface area contributed by atoms with Crippen molar-refractivity contribution in [2.75, 3.05) is 19.5 Å². The van der Waals surface area contributed by atoms with E-state index in [0.717, 1.165) is 10.2 Å². The molecular formula is C16H17BrFNO2. The third-order valence-electron chi connectivity index (χ3n) is 3.20. The average Bonchev–Trinajstić information content (AvgIpc) is 2.48. The van der Waals surface area contributed by atoms with Gasteiger partial charge in [-0.25, -0.2) is 4.39 Å². The standard InChI is InChI=1S/C16H17BrFNO2/c1-10(16-13(18)5-4-6-14(16)20-2)19-11-7-8-12(17)15(9-11)21-3/h4-10,19H,1-3H3. The first-order chi connectivity index (χ1) is 10.1. The van der Waals surface area contributed by atoms with Gasteiger partial charge in [0.25, 0.3) is 0 Å². The minimum absolute atomic E-state index is 0.243. The highest BCUT2D eigenvalue weighted by atomic mass is 79.9. The van der Waals surface area contributed by atoms with Gasteiger partial charge in [0, 0.05) is 11.8 Å². The maximum Gasteiger partial charge on any atom is 0.135 e. The molecule has 112 valence electrons. The van der Waals surface area contributed by atoms with Crippen LogP contribution < -0.4 is 14.8 Å². The molecule has 1 N–H and O–H groups in total. The molecule has 0 saturated heterocycles. The van der Waals surface area contributed by atoms with Crippen molar-refractivity contribution in [1.82, 2.24) is 0 Å². The Morgan fingerprint density at radius 1 is 1.10 bits per heavy atom. The second-order valence-corrected chi connectivity index (χ2v) is 5.43. The SMILES string of the molecule is COc1cc(NC(C)c2c(F)cccc2OC)ccc1Br. The van der Waals surface area contributed by atoms with Crippen LogP contribution in [-0.4, -0.2) is 14.2 Å². The lowest BCUT2D eigenvalue weighted by atomic mass is 10.1. The van der Waals surface area contributed by atoms with E-state index in [0.29, 0.717) is 17.1 Å². The van der Waals surface area contributed by atoms with Crippen LogP contribution in [-0.2, 0) is 0 Å². The summed E-state index contributed by atoms with van der Waals surface area (Å²) >= 11 is 3.40. The Labute approximate surface area is 132 Å². The van der Waals surface area contributed by atoms with Gasteiger partial charge in [-0.15, -0.1) is 0 Å². The van der Waals surface area contributed by atoms with Crippen molar-refractivity contribution in [3.05, 3.63) is 52.3 Å². The minimum Gasteiger partial charge on any atom is -0.496 e. The van der Waals surface area contributed by atoms with Crippen molar-refractivity contribution in [3.63, 3.8) is 0 Å². The van der Waals surface area contributed by atoms with Gasteiger partial charge in [0.1, 0.15) is 17.3 Å². The molecule has 1 unspecified atom stereocenters. The molecule has 5 heteroatoms. The molecule has 2 rings (SSSR count). The highest BCUT2D eigenvalue weighted by Crippen LogP contribution is 2.33. The van der Waals surface area contributed by atoms with Crippen LogP contribution in [0.2, 0.25) is 0 Å². The number of ether oxygens (including phenoxy) is 2. The Balaban J connectivity index is 2.28. The number of anilines is 1. The van der Waals surface area contributed by atoms with Gasteiger partial charge in [0.15, 0.2) is 0 Å². The van der Waals surface area contributed by atoms with Crippen molar-refractivity contribution in [3.8, 4) is 11.5 Å². The fourth-order valence-electron chi connectivity index (χ4n) is 2.19. The first-order valence-electron chi connectivity index (χ1n) is 6.49. The van der Waals surface area contributed by atoms with Crippen molar-refractivity contribution in [2.24, 2.45) is 0 Å². The summed E-state index contributed by atoms with van der Waals surface area (Å²) in [6, 6.07) is 10.2. The number of hydrogen-bond donors (Lipinski definition) is 1. The van der Waals surface area contributed by atoms with E-state index in [1.807, 2.05) is 25.1 Å². The summed E-state index contributed by atoms with van der Waals surface area (Å²) in [6.45, 7) is 1.88. The van der Waals surface area contributed by atoms with Crippen molar-refractivity contribution < 1.29 is 13.9 Å². The molecule has 2 aromatic rings. The lowest BCUT2D eigenvalue weighted by Gasteiger charge is -2.19. The van der Waals surface area contributed by atoms with E-state index in [1.165, 1.54) is 13.2 Å². The number of benzene rings is 2. The van der Waals surface area contributed by atoms with E-state index < -0.39 is 0 Å². The third kappa shape index (κ3) is 3.47. The Hall–Kier alpha value is -1.75. The zero-order valence-corrected chi connectivity index (χ0v) is 13.7. The highest BCUT2D eigenvalue weighted by Gasteiger charge is 2.16. The van der Waals surface area contributed by atoms with Crippen molar-refractivity contribution >= 4 is 21.6 Å². The Bertz CT molecular complexity index is 634. The molecule has 0 aliphatic heterocycles.